The number of phenolic OH excluding ortho intramolecular Hbond substituents is 1. The van der Waals surface area contributed by atoms with Crippen LogP contribution in [0.4, 0.5) is 5.69 Å². The molecule has 23 heavy (non-hydrogen) atoms. The standard InChI is InChI=1S/C16H16N2O5/c1-22-13-8-3-10(14(16(20)21)15(13)23-2)9-17-18-11-4-6-12(19)7-5-11/h3-9,18-19H,1-2H3,(H,20,21)/b17-9+. The minimum atomic E-state index is -1.15. The molecule has 2 aromatic carbocycles. The minimum absolute atomic E-state index is 0.0388. The highest BCUT2D eigenvalue weighted by molar-refractivity contribution is 6.01. The predicted molar refractivity (Wildman–Crippen MR) is 85.8 cm³/mol. The highest BCUT2D eigenvalue weighted by atomic mass is 16.5. The maximum Gasteiger partial charge on any atom is 0.340 e. The van der Waals surface area contributed by atoms with E-state index in [1.165, 1.54) is 32.6 Å². The smallest absolute Gasteiger partial charge is 0.340 e. The molecule has 0 unspecified atom stereocenters. The number of hydrazone groups is 1. The van der Waals surface area contributed by atoms with Crippen LogP contribution in [0.1, 0.15) is 15.9 Å². The van der Waals surface area contributed by atoms with Crippen molar-refractivity contribution in [1.82, 2.24) is 0 Å². The Labute approximate surface area is 132 Å². The highest BCUT2D eigenvalue weighted by Gasteiger charge is 2.19. The fourth-order valence-corrected chi connectivity index (χ4v) is 1.98. The molecule has 0 bridgehead atoms. The molecule has 0 fully saturated rings. The number of carbonyl (C=O) groups is 1. The van der Waals surface area contributed by atoms with Gasteiger partial charge in [-0.15, -0.1) is 0 Å². The second-order valence-corrected chi connectivity index (χ2v) is 4.49. The summed E-state index contributed by atoms with van der Waals surface area (Å²) in [6.45, 7) is 0. The Kier molecular flexibility index (Phi) is 5.03. The molecular formula is C16H16N2O5. The van der Waals surface area contributed by atoms with E-state index in [9.17, 15) is 15.0 Å². The van der Waals surface area contributed by atoms with Gasteiger partial charge in [0.15, 0.2) is 11.5 Å². The molecule has 120 valence electrons. The van der Waals surface area contributed by atoms with Crippen molar-refractivity contribution in [3.63, 3.8) is 0 Å². The van der Waals surface area contributed by atoms with Gasteiger partial charge >= 0.3 is 5.97 Å². The molecule has 0 radical (unpaired) electrons. The number of anilines is 1. The molecule has 0 aliphatic carbocycles. The number of aromatic hydroxyl groups is 1. The van der Waals surface area contributed by atoms with Gasteiger partial charge in [0.25, 0.3) is 0 Å². The van der Waals surface area contributed by atoms with Crippen molar-refractivity contribution >= 4 is 17.9 Å². The van der Waals surface area contributed by atoms with Crippen molar-refractivity contribution in [2.45, 2.75) is 0 Å². The van der Waals surface area contributed by atoms with Gasteiger partial charge in [-0.1, -0.05) is 0 Å². The summed E-state index contributed by atoms with van der Waals surface area (Å²) in [5.41, 5.74) is 3.72. The van der Waals surface area contributed by atoms with E-state index in [1.807, 2.05) is 0 Å². The summed E-state index contributed by atoms with van der Waals surface area (Å²) in [7, 11) is 2.81. The van der Waals surface area contributed by atoms with Crippen LogP contribution in [0, 0.1) is 0 Å². The summed E-state index contributed by atoms with van der Waals surface area (Å²) in [5, 5.41) is 22.6. The highest BCUT2D eigenvalue weighted by Crippen LogP contribution is 2.32. The van der Waals surface area contributed by atoms with Crippen LogP contribution in [0.5, 0.6) is 17.2 Å². The number of methoxy groups -OCH3 is 2. The zero-order valence-electron chi connectivity index (χ0n) is 12.6. The average Bonchev–Trinajstić information content (AvgIpc) is 2.55. The first-order valence-corrected chi connectivity index (χ1v) is 6.63. The number of hydrogen-bond donors (Lipinski definition) is 3. The number of ether oxygens (including phenoxy) is 2. The lowest BCUT2D eigenvalue weighted by molar-refractivity contribution is 0.0692. The summed E-state index contributed by atoms with van der Waals surface area (Å²) in [6.07, 6.45) is 1.37. The van der Waals surface area contributed by atoms with Crippen molar-refractivity contribution in [2.24, 2.45) is 5.10 Å². The molecule has 7 nitrogen and oxygen atoms in total. The zero-order valence-corrected chi connectivity index (χ0v) is 12.6. The maximum absolute atomic E-state index is 11.5. The summed E-state index contributed by atoms with van der Waals surface area (Å²) in [4.78, 5) is 11.5. The van der Waals surface area contributed by atoms with Crippen LogP contribution in [0.25, 0.3) is 0 Å². The van der Waals surface area contributed by atoms with Crippen molar-refractivity contribution in [2.75, 3.05) is 19.6 Å². The van der Waals surface area contributed by atoms with Gasteiger partial charge in [-0.3, -0.25) is 5.43 Å². The van der Waals surface area contributed by atoms with Crippen molar-refractivity contribution in [3.05, 3.63) is 47.5 Å². The van der Waals surface area contributed by atoms with Crippen molar-refractivity contribution < 1.29 is 24.5 Å². The van der Waals surface area contributed by atoms with Gasteiger partial charge in [-0.05, 0) is 36.4 Å². The predicted octanol–water partition coefficient (Wildman–Crippen LogP) is 2.55. The third-order valence-corrected chi connectivity index (χ3v) is 3.06. The lowest BCUT2D eigenvalue weighted by Crippen LogP contribution is -2.07. The molecule has 2 rings (SSSR count). The van der Waals surface area contributed by atoms with Gasteiger partial charge in [0.2, 0.25) is 0 Å². The first-order chi connectivity index (χ1) is 11.1. The van der Waals surface area contributed by atoms with Crippen LogP contribution < -0.4 is 14.9 Å². The van der Waals surface area contributed by atoms with Gasteiger partial charge in [0.05, 0.1) is 26.1 Å². The lowest BCUT2D eigenvalue weighted by Gasteiger charge is -2.12. The van der Waals surface area contributed by atoms with E-state index in [2.05, 4.69) is 10.5 Å². The van der Waals surface area contributed by atoms with E-state index >= 15 is 0 Å². The second-order valence-electron chi connectivity index (χ2n) is 4.49. The van der Waals surface area contributed by atoms with Crippen LogP contribution in [0.15, 0.2) is 41.5 Å². The van der Waals surface area contributed by atoms with E-state index in [0.717, 1.165) is 0 Å². The first-order valence-electron chi connectivity index (χ1n) is 6.63. The molecule has 0 aliphatic heterocycles. The Morgan fingerprint density at radius 3 is 2.39 bits per heavy atom. The molecule has 0 amide bonds. The summed E-state index contributed by atoms with van der Waals surface area (Å²) >= 11 is 0. The third kappa shape index (κ3) is 3.70. The number of aromatic carboxylic acids is 1. The van der Waals surface area contributed by atoms with Gasteiger partial charge in [0.1, 0.15) is 11.3 Å². The molecular weight excluding hydrogens is 300 g/mol. The Bertz CT molecular complexity index is 726. The molecule has 2 aromatic rings. The molecule has 7 heteroatoms. The molecule has 0 aromatic heterocycles. The van der Waals surface area contributed by atoms with Gasteiger partial charge in [-0.25, -0.2) is 4.79 Å². The summed E-state index contributed by atoms with van der Waals surface area (Å²) in [5.74, 6) is -0.540. The Hall–Kier alpha value is -3.22. The topological polar surface area (TPSA) is 100 Å². The SMILES string of the molecule is COc1ccc(/C=N/Nc2ccc(O)cc2)c(C(=O)O)c1OC. The molecule has 0 aliphatic rings. The molecule has 0 spiro atoms. The monoisotopic (exact) mass is 316 g/mol. The van der Waals surface area contributed by atoms with Crippen LogP contribution in [-0.2, 0) is 0 Å². The Morgan fingerprint density at radius 2 is 1.83 bits per heavy atom. The number of hydrogen-bond acceptors (Lipinski definition) is 6. The van der Waals surface area contributed by atoms with Gasteiger partial charge in [-0.2, -0.15) is 5.10 Å². The van der Waals surface area contributed by atoms with E-state index in [4.69, 9.17) is 9.47 Å². The van der Waals surface area contributed by atoms with Gasteiger partial charge < -0.3 is 19.7 Å². The summed E-state index contributed by atoms with van der Waals surface area (Å²) < 4.78 is 10.2. The van der Waals surface area contributed by atoms with Crippen molar-refractivity contribution in [3.8, 4) is 17.2 Å². The molecule has 0 atom stereocenters. The van der Waals surface area contributed by atoms with E-state index in [0.29, 0.717) is 17.0 Å². The number of carboxylic acid groups (broad SMARTS) is 1. The normalized spacial score (nSPS) is 10.5. The number of rotatable bonds is 6. The second kappa shape index (κ2) is 7.17. The van der Waals surface area contributed by atoms with Crippen LogP contribution in [0.3, 0.4) is 0 Å². The van der Waals surface area contributed by atoms with E-state index in [1.54, 1.807) is 24.3 Å². The fourth-order valence-electron chi connectivity index (χ4n) is 1.98. The number of benzene rings is 2. The quantitative estimate of drug-likeness (QED) is 0.430. The average molecular weight is 316 g/mol. The minimum Gasteiger partial charge on any atom is -0.508 e. The third-order valence-electron chi connectivity index (χ3n) is 3.06. The van der Waals surface area contributed by atoms with E-state index < -0.39 is 5.97 Å². The largest absolute Gasteiger partial charge is 0.508 e. The van der Waals surface area contributed by atoms with Crippen LogP contribution >= 0.6 is 0 Å². The van der Waals surface area contributed by atoms with E-state index in [-0.39, 0.29) is 17.1 Å². The summed E-state index contributed by atoms with van der Waals surface area (Å²) in [6, 6.07) is 9.48. The molecule has 0 saturated carbocycles. The number of phenols is 1. The maximum atomic E-state index is 11.5. The first kappa shape index (κ1) is 16.2. The molecule has 3 N–H and O–H groups in total. The van der Waals surface area contributed by atoms with Gasteiger partial charge in [0, 0.05) is 5.56 Å². The number of nitrogens with zero attached hydrogens (tertiary/aromatic N) is 1. The van der Waals surface area contributed by atoms with Crippen molar-refractivity contribution in [1.29, 1.82) is 0 Å². The Morgan fingerprint density at radius 1 is 1.13 bits per heavy atom. The number of nitrogens with one attached hydrogen (secondary N) is 1. The van der Waals surface area contributed by atoms with Crippen LogP contribution in [0.2, 0.25) is 0 Å². The fraction of sp³-hybridized carbons (Fsp3) is 0.125. The number of carboxylic acids is 1. The Balaban J connectivity index is 2.30. The molecule has 0 heterocycles. The van der Waals surface area contributed by atoms with Crippen LogP contribution in [-0.4, -0.2) is 36.6 Å². The lowest BCUT2D eigenvalue weighted by atomic mass is 10.1. The zero-order chi connectivity index (χ0) is 16.8. The molecule has 0 saturated heterocycles.